The van der Waals surface area contributed by atoms with Gasteiger partial charge in [-0.1, -0.05) is 24.3 Å². The Labute approximate surface area is 172 Å². The number of hydrogen-bond donors (Lipinski definition) is 0. The molecule has 0 spiro atoms. The molecule has 29 heavy (non-hydrogen) atoms. The van der Waals surface area contributed by atoms with Gasteiger partial charge in [-0.2, -0.15) is 0 Å². The summed E-state index contributed by atoms with van der Waals surface area (Å²) < 4.78 is 33.5. The zero-order valence-electron chi connectivity index (χ0n) is 17.0. The summed E-state index contributed by atoms with van der Waals surface area (Å²) in [6.07, 6.45) is 0. The molecule has 0 aromatic heterocycles. The fraction of sp³-hybridized carbons (Fsp3) is 0.381. The Morgan fingerprint density at radius 2 is 1.72 bits per heavy atom. The number of anilines is 1. The molecular weight excluding hydrogens is 390 g/mol. The predicted octanol–water partition coefficient (Wildman–Crippen LogP) is 1.97. The summed E-state index contributed by atoms with van der Waals surface area (Å²) in [7, 11) is -0.457. The third kappa shape index (κ3) is 4.71. The van der Waals surface area contributed by atoms with Crippen LogP contribution < -0.4 is 9.04 Å². The Morgan fingerprint density at radius 1 is 1.07 bits per heavy atom. The number of benzene rings is 2. The maximum absolute atomic E-state index is 13.5. The Balaban J connectivity index is 2.01. The van der Waals surface area contributed by atoms with Crippen molar-refractivity contribution in [1.82, 2.24) is 9.80 Å². The Hall–Kier alpha value is -2.58. The van der Waals surface area contributed by atoms with Crippen LogP contribution in [-0.4, -0.2) is 71.0 Å². The summed E-state index contributed by atoms with van der Waals surface area (Å²) in [6, 6.07) is 13.5. The third-order valence-electron chi connectivity index (χ3n) is 5.07. The van der Waals surface area contributed by atoms with Gasteiger partial charge in [-0.25, -0.2) is 8.42 Å². The van der Waals surface area contributed by atoms with Gasteiger partial charge >= 0.3 is 0 Å². The number of carbonyl (C=O) groups excluding carboxylic acids is 1. The van der Waals surface area contributed by atoms with Crippen molar-refractivity contribution in [1.29, 1.82) is 0 Å². The first-order valence-electron chi connectivity index (χ1n) is 9.51. The number of ether oxygens (including phenoxy) is 1. The highest BCUT2D eigenvalue weighted by Crippen LogP contribution is 2.33. The number of nitrogens with zero attached hydrogens (tertiary/aromatic N) is 3. The van der Waals surface area contributed by atoms with Crippen LogP contribution in [-0.2, 0) is 14.8 Å². The van der Waals surface area contributed by atoms with E-state index in [4.69, 9.17) is 4.74 Å². The van der Waals surface area contributed by atoms with E-state index in [2.05, 4.69) is 4.90 Å². The van der Waals surface area contributed by atoms with Crippen LogP contribution in [0.5, 0.6) is 5.75 Å². The Bertz CT molecular complexity index is 955. The molecule has 0 radical (unpaired) electrons. The molecule has 156 valence electrons. The van der Waals surface area contributed by atoms with Gasteiger partial charge in [0.2, 0.25) is 5.91 Å². The third-order valence-corrected chi connectivity index (χ3v) is 6.84. The Kier molecular flexibility index (Phi) is 6.44. The number of amides is 1. The van der Waals surface area contributed by atoms with Gasteiger partial charge in [-0.05, 0) is 43.8 Å². The highest BCUT2D eigenvalue weighted by Gasteiger charge is 2.31. The molecule has 0 unspecified atom stereocenters. The van der Waals surface area contributed by atoms with Gasteiger partial charge in [-0.3, -0.25) is 9.10 Å². The summed E-state index contributed by atoms with van der Waals surface area (Å²) in [4.78, 5) is 17.0. The second kappa shape index (κ2) is 8.84. The molecule has 1 saturated heterocycles. The molecule has 1 amide bonds. The first-order chi connectivity index (χ1) is 13.8. The highest BCUT2D eigenvalue weighted by atomic mass is 32.2. The van der Waals surface area contributed by atoms with Gasteiger partial charge in [-0.15, -0.1) is 0 Å². The van der Waals surface area contributed by atoms with Gasteiger partial charge in [0.05, 0.1) is 17.7 Å². The molecule has 1 heterocycles. The molecule has 0 N–H and O–H groups in total. The highest BCUT2D eigenvalue weighted by molar-refractivity contribution is 7.92. The number of sulfonamides is 1. The van der Waals surface area contributed by atoms with E-state index in [1.165, 1.54) is 19.2 Å². The average Bonchev–Trinajstić information content (AvgIpc) is 2.73. The summed E-state index contributed by atoms with van der Waals surface area (Å²) in [6.45, 7) is 4.30. The molecule has 0 bridgehead atoms. The maximum Gasteiger partial charge on any atom is 0.264 e. The van der Waals surface area contributed by atoms with Gasteiger partial charge in [0, 0.05) is 26.2 Å². The molecule has 8 heteroatoms. The predicted molar refractivity (Wildman–Crippen MR) is 113 cm³/mol. The second-order valence-electron chi connectivity index (χ2n) is 7.18. The standard InChI is InChI=1S/C21H27N3O4S/c1-17-9-10-20(28-3)19(15-17)24(29(26,27)18-7-5-4-6-8-18)16-21(25)23-13-11-22(2)12-14-23/h4-10,15H,11-14,16H2,1-3H3. The number of aryl methyl sites for hydroxylation is 1. The van der Waals surface area contributed by atoms with Gasteiger partial charge in [0.1, 0.15) is 12.3 Å². The number of hydrogen-bond acceptors (Lipinski definition) is 5. The molecule has 0 aliphatic carbocycles. The van der Waals surface area contributed by atoms with E-state index in [0.717, 1.165) is 23.0 Å². The van der Waals surface area contributed by atoms with Gasteiger partial charge in [0.15, 0.2) is 0 Å². The molecule has 2 aromatic carbocycles. The van der Waals surface area contributed by atoms with Crippen LogP contribution in [0.4, 0.5) is 5.69 Å². The van der Waals surface area contributed by atoms with E-state index in [0.29, 0.717) is 24.5 Å². The van der Waals surface area contributed by atoms with E-state index in [-0.39, 0.29) is 17.3 Å². The van der Waals surface area contributed by atoms with Crippen LogP contribution in [0.25, 0.3) is 0 Å². The van der Waals surface area contributed by atoms with Crippen molar-refractivity contribution in [3.63, 3.8) is 0 Å². The Morgan fingerprint density at radius 3 is 2.34 bits per heavy atom. The monoisotopic (exact) mass is 417 g/mol. The number of piperazine rings is 1. The lowest BCUT2D eigenvalue weighted by atomic mass is 10.2. The quantitative estimate of drug-likeness (QED) is 0.719. The maximum atomic E-state index is 13.5. The average molecular weight is 418 g/mol. The zero-order chi connectivity index (χ0) is 21.0. The van der Waals surface area contributed by atoms with E-state index in [9.17, 15) is 13.2 Å². The number of rotatable bonds is 6. The van der Waals surface area contributed by atoms with E-state index in [1.807, 2.05) is 20.0 Å². The number of carbonyl (C=O) groups is 1. The minimum Gasteiger partial charge on any atom is -0.495 e. The lowest BCUT2D eigenvalue weighted by molar-refractivity contribution is -0.131. The number of likely N-dealkylation sites (N-methyl/N-ethyl adjacent to an activating group) is 1. The molecule has 2 aromatic rings. The van der Waals surface area contributed by atoms with Gasteiger partial charge < -0.3 is 14.5 Å². The molecule has 7 nitrogen and oxygen atoms in total. The largest absolute Gasteiger partial charge is 0.495 e. The molecule has 0 saturated carbocycles. The van der Waals surface area contributed by atoms with Crippen molar-refractivity contribution >= 4 is 21.6 Å². The normalized spacial score (nSPS) is 15.2. The number of methoxy groups -OCH3 is 1. The summed E-state index contributed by atoms with van der Waals surface area (Å²) in [5, 5.41) is 0. The molecule has 1 fully saturated rings. The lowest BCUT2D eigenvalue weighted by Crippen LogP contribution is -2.50. The van der Waals surface area contributed by atoms with Crippen LogP contribution in [0.1, 0.15) is 5.56 Å². The van der Waals surface area contributed by atoms with Crippen molar-refractivity contribution in [2.45, 2.75) is 11.8 Å². The molecule has 1 aliphatic rings. The van der Waals surface area contributed by atoms with Crippen molar-refractivity contribution < 1.29 is 17.9 Å². The lowest BCUT2D eigenvalue weighted by Gasteiger charge is -2.34. The zero-order valence-corrected chi connectivity index (χ0v) is 17.9. The van der Waals surface area contributed by atoms with Crippen molar-refractivity contribution in [3.05, 3.63) is 54.1 Å². The smallest absolute Gasteiger partial charge is 0.264 e. The van der Waals surface area contributed by atoms with Crippen molar-refractivity contribution in [2.24, 2.45) is 0 Å². The fourth-order valence-electron chi connectivity index (χ4n) is 3.29. The first kappa shape index (κ1) is 21.1. The summed E-state index contributed by atoms with van der Waals surface area (Å²) >= 11 is 0. The van der Waals surface area contributed by atoms with E-state index in [1.54, 1.807) is 35.2 Å². The molecular formula is C21H27N3O4S. The molecule has 3 rings (SSSR count). The van der Waals surface area contributed by atoms with E-state index >= 15 is 0 Å². The van der Waals surface area contributed by atoms with Crippen LogP contribution >= 0.6 is 0 Å². The second-order valence-corrected chi connectivity index (χ2v) is 9.05. The SMILES string of the molecule is COc1ccc(C)cc1N(CC(=O)N1CCN(C)CC1)S(=O)(=O)c1ccccc1. The van der Waals surface area contributed by atoms with Crippen LogP contribution in [0.15, 0.2) is 53.4 Å². The van der Waals surface area contributed by atoms with Gasteiger partial charge in [0.25, 0.3) is 10.0 Å². The summed E-state index contributed by atoms with van der Waals surface area (Å²) in [5.41, 5.74) is 1.24. The van der Waals surface area contributed by atoms with Crippen molar-refractivity contribution in [3.8, 4) is 5.75 Å². The molecule has 1 aliphatic heterocycles. The minimum absolute atomic E-state index is 0.134. The summed E-state index contributed by atoms with van der Waals surface area (Å²) in [5.74, 6) is 0.183. The van der Waals surface area contributed by atoms with E-state index < -0.39 is 10.0 Å². The van der Waals surface area contributed by atoms with Crippen molar-refractivity contribution in [2.75, 3.05) is 51.2 Å². The topological polar surface area (TPSA) is 70.2 Å². The fourth-order valence-corrected chi connectivity index (χ4v) is 4.73. The molecule has 0 atom stereocenters. The van der Waals surface area contributed by atoms with Crippen LogP contribution in [0.3, 0.4) is 0 Å². The van der Waals surface area contributed by atoms with Crippen LogP contribution in [0.2, 0.25) is 0 Å². The first-order valence-corrected chi connectivity index (χ1v) is 11.0. The minimum atomic E-state index is -3.95. The van der Waals surface area contributed by atoms with Crippen LogP contribution in [0, 0.1) is 6.92 Å².